The summed E-state index contributed by atoms with van der Waals surface area (Å²) in [6, 6.07) is 0.729. The molecule has 0 amide bonds. The standard InChI is InChI=1S/C16H36N4O.HI/c1-8-14(9-2)15(20(5)6)11-18-16(17-10-3)19-13(4)12-21-7;/h13-15H,8-12H2,1-7H3,(H2,17,18,19);1H. The molecule has 0 aliphatic carbocycles. The van der Waals surface area contributed by atoms with Crippen molar-refractivity contribution < 1.29 is 4.74 Å². The van der Waals surface area contributed by atoms with Crippen molar-refractivity contribution in [2.75, 3.05) is 40.9 Å². The lowest BCUT2D eigenvalue weighted by Crippen LogP contribution is -2.45. The van der Waals surface area contributed by atoms with Crippen LogP contribution >= 0.6 is 24.0 Å². The summed E-state index contributed by atoms with van der Waals surface area (Å²) in [5.74, 6) is 1.56. The van der Waals surface area contributed by atoms with Gasteiger partial charge in [-0.25, -0.2) is 0 Å². The molecule has 0 aliphatic rings. The van der Waals surface area contributed by atoms with E-state index in [-0.39, 0.29) is 30.0 Å². The Hall–Kier alpha value is -0.0800. The first-order valence-electron chi connectivity index (χ1n) is 8.20. The fourth-order valence-corrected chi connectivity index (χ4v) is 2.60. The number of hydrogen-bond acceptors (Lipinski definition) is 3. The van der Waals surface area contributed by atoms with Crippen molar-refractivity contribution in [2.45, 2.75) is 52.6 Å². The van der Waals surface area contributed by atoms with E-state index in [1.807, 2.05) is 0 Å². The number of ether oxygens (including phenoxy) is 1. The Morgan fingerprint density at radius 3 is 2.18 bits per heavy atom. The van der Waals surface area contributed by atoms with Gasteiger partial charge in [-0.05, 0) is 33.9 Å². The van der Waals surface area contributed by atoms with Gasteiger partial charge < -0.3 is 20.3 Å². The SMILES string of the molecule is CCNC(=NCC(C(CC)CC)N(C)C)NC(C)COC.I. The lowest BCUT2D eigenvalue weighted by Gasteiger charge is -2.30. The predicted molar refractivity (Wildman–Crippen MR) is 107 cm³/mol. The Morgan fingerprint density at radius 1 is 1.18 bits per heavy atom. The monoisotopic (exact) mass is 428 g/mol. The van der Waals surface area contributed by atoms with E-state index in [0.717, 1.165) is 19.0 Å². The van der Waals surface area contributed by atoms with Crippen LogP contribution in [0.3, 0.4) is 0 Å². The quantitative estimate of drug-likeness (QED) is 0.319. The molecule has 0 saturated carbocycles. The number of nitrogens with one attached hydrogen (secondary N) is 2. The maximum Gasteiger partial charge on any atom is 0.191 e. The summed E-state index contributed by atoms with van der Waals surface area (Å²) in [6.45, 7) is 11.1. The van der Waals surface area contributed by atoms with Crippen molar-refractivity contribution in [3.05, 3.63) is 0 Å². The molecule has 0 spiro atoms. The highest BCUT2D eigenvalue weighted by molar-refractivity contribution is 14.0. The van der Waals surface area contributed by atoms with E-state index < -0.39 is 0 Å². The summed E-state index contributed by atoms with van der Waals surface area (Å²) < 4.78 is 5.17. The summed E-state index contributed by atoms with van der Waals surface area (Å²) in [5, 5.41) is 6.69. The molecule has 6 heteroatoms. The molecule has 5 nitrogen and oxygen atoms in total. The van der Waals surface area contributed by atoms with Gasteiger partial charge in [0.2, 0.25) is 0 Å². The Bertz CT molecular complexity index is 283. The van der Waals surface area contributed by atoms with Gasteiger partial charge in [0.25, 0.3) is 0 Å². The van der Waals surface area contributed by atoms with Gasteiger partial charge in [-0.15, -0.1) is 24.0 Å². The fourth-order valence-electron chi connectivity index (χ4n) is 2.60. The molecule has 0 fully saturated rings. The second-order valence-corrected chi connectivity index (χ2v) is 5.83. The molecular formula is C16H37IN4O. The number of rotatable bonds is 10. The molecule has 2 N–H and O–H groups in total. The predicted octanol–water partition coefficient (Wildman–Crippen LogP) is 2.56. The van der Waals surface area contributed by atoms with Crippen molar-refractivity contribution in [2.24, 2.45) is 10.9 Å². The molecule has 0 saturated heterocycles. The largest absolute Gasteiger partial charge is 0.383 e. The number of halogens is 1. The van der Waals surface area contributed by atoms with E-state index in [1.54, 1.807) is 7.11 Å². The minimum absolute atomic E-state index is 0. The highest BCUT2D eigenvalue weighted by atomic mass is 127. The van der Waals surface area contributed by atoms with Gasteiger partial charge in [-0.3, -0.25) is 4.99 Å². The summed E-state index contributed by atoms with van der Waals surface area (Å²) >= 11 is 0. The maximum atomic E-state index is 5.17. The normalized spacial score (nSPS) is 14.7. The smallest absolute Gasteiger partial charge is 0.191 e. The van der Waals surface area contributed by atoms with Crippen LogP contribution in [0, 0.1) is 5.92 Å². The molecule has 0 rings (SSSR count). The number of aliphatic imine (C=N–C) groups is 1. The Labute approximate surface area is 154 Å². The highest BCUT2D eigenvalue weighted by Crippen LogP contribution is 2.17. The summed E-state index contributed by atoms with van der Waals surface area (Å²) in [5.41, 5.74) is 0. The molecule has 0 aliphatic heterocycles. The van der Waals surface area contributed by atoms with Crippen LogP contribution in [-0.2, 0) is 4.74 Å². The molecule has 0 aromatic carbocycles. The minimum atomic E-state index is 0. The first kappa shape index (κ1) is 24.2. The first-order valence-corrected chi connectivity index (χ1v) is 8.20. The molecule has 2 unspecified atom stereocenters. The van der Waals surface area contributed by atoms with Gasteiger partial charge in [0.1, 0.15) is 0 Å². The van der Waals surface area contributed by atoms with Crippen LogP contribution in [0.2, 0.25) is 0 Å². The van der Waals surface area contributed by atoms with Crippen LogP contribution in [-0.4, -0.2) is 63.8 Å². The van der Waals surface area contributed by atoms with Crippen LogP contribution in [0.4, 0.5) is 0 Å². The third-order valence-electron chi connectivity index (χ3n) is 3.84. The molecular weight excluding hydrogens is 391 g/mol. The number of likely N-dealkylation sites (N-methyl/N-ethyl adjacent to an activating group) is 1. The number of nitrogens with zero attached hydrogens (tertiary/aromatic N) is 2. The Morgan fingerprint density at radius 2 is 1.77 bits per heavy atom. The average Bonchev–Trinajstić information content (AvgIpc) is 2.43. The second kappa shape index (κ2) is 14.5. The van der Waals surface area contributed by atoms with Crippen molar-refractivity contribution in [1.29, 1.82) is 0 Å². The third kappa shape index (κ3) is 9.84. The summed E-state index contributed by atoms with van der Waals surface area (Å²) in [4.78, 5) is 7.07. The molecule has 0 radical (unpaired) electrons. The van der Waals surface area contributed by atoms with Crippen molar-refractivity contribution in [3.63, 3.8) is 0 Å². The van der Waals surface area contributed by atoms with Crippen LogP contribution < -0.4 is 10.6 Å². The molecule has 2 atom stereocenters. The topological polar surface area (TPSA) is 48.9 Å². The summed E-state index contributed by atoms with van der Waals surface area (Å²) in [7, 11) is 6.01. The molecule has 0 heterocycles. The number of methoxy groups -OCH3 is 1. The Balaban J connectivity index is 0. The van der Waals surface area contributed by atoms with Gasteiger partial charge in [-0.1, -0.05) is 26.7 Å². The van der Waals surface area contributed by atoms with Crippen molar-refractivity contribution >= 4 is 29.9 Å². The van der Waals surface area contributed by atoms with Crippen molar-refractivity contribution in [1.82, 2.24) is 15.5 Å². The van der Waals surface area contributed by atoms with Crippen LogP contribution in [0.15, 0.2) is 4.99 Å². The molecule has 0 aromatic heterocycles. The second-order valence-electron chi connectivity index (χ2n) is 5.83. The van der Waals surface area contributed by atoms with Crippen molar-refractivity contribution in [3.8, 4) is 0 Å². The zero-order chi connectivity index (χ0) is 16.3. The minimum Gasteiger partial charge on any atom is -0.383 e. The molecule has 22 heavy (non-hydrogen) atoms. The van der Waals surface area contributed by atoms with E-state index in [4.69, 9.17) is 9.73 Å². The first-order chi connectivity index (χ1) is 9.99. The van der Waals surface area contributed by atoms with Crippen LogP contribution in [0.5, 0.6) is 0 Å². The van der Waals surface area contributed by atoms with Crippen LogP contribution in [0.25, 0.3) is 0 Å². The van der Waals surface area contributed by atoms with E-state index in [0.29, 0.717) is 18.6 Å². The van der Waals surface area contributed by atoms with E-state index in [1.165, 1.54) is 12.8 Å². The van der Waals surface area contributed by atoms with Gasteiger partial charge in [0, 0.05) is 25.7 Å². The van der Waals surface area contributed by atoms with Gasteiger partial charge in [0.05, 0.1) is 13.2 Å². The van der Waals surface area contributed by atoms with E-state index in [2.05, 4.69) is 57.3 Å². The maximum absolute atomic E-state index is 5.17. The zero-order valence-electron chi connectivity index (χ0n) is 15.5. The average molecular weight is 428 g/mol. The van der Waals surface area contributed by atoms with Gasteiger partial charge in [-0.2, -0.15) is 0 Å². The molecule has 134 valence electrons. The lowest BCUT2D eigenvalue weighted by atomic mass is 9.93. The summed E-state index contributed by atoms with van der Waals surface area (Å²) in [6.07, 6.45) is 2.39. The van der Waals surface area contributed by atoms with Gasteiger partial charge >= 0.3 is 0 Å². The Kier molecular flexibility index (Phi) is 15.9. The third-order valence-corrected chi connectivity index (χ3v) is 3.84. The lowest BCUT2D eigenvalue weighted by molar-refractivity contribution is 0.178. The van der Waals surface area contributed by atoms with Gasteiger partial charge in [0.15, 0.2) is 5.96 Å². The number of hydrogen-bond donors (Lipinski definition) is 2. The van der Waals surface area contributed by atoms with E-state index in [9.17, 15) is 0 Å². The van der Waals surface area contributed by atoms with Crippen LogP contribution in [0.1, 0.15) is 40.5 Å². The number of guanidine groups is 1. The highest BCUT2D eigenvalue weighted by Gasteiger charge is 2.20. The zero-order valence-corrected chi connectivity index (χ0v) is 17.8. The van der Waals surface area contributed by atoms with E-state index >= 15 is 0 Å². The molecule has 0 bridgehead atoms. The molecule has 0 aromatic rings. The fraction of sp³-hybridized carbons (Fsp3) is 0.938.